The molecular formula is C36H47N7O3. The van der Waals surface area contributed by atoms with Gasteiger partial charge in [-0.1, -0.05) is 12.1 Å². The van der Waals surface area contributed by atoms with Gasteiger partial charge in [0.2, 0.25) is 5.95 Å². The van der Waals surface area contributed by atoms with Crippen molar-refractivity contribution >= 4 is 28.6 Å². The molecular weight excluding hydrogens is 578 g/mol. The van der Waals surface area contributed by atoms with E-state index in [-0.39, 0.29) is 18.1 Å². The van der Waals surface area contributed by atoms with Crippen molar-refractivity contribution in [2.75, 3.05) is 64.6 Å². The van der Waals surface area contributed by atoms with E-state index >= 15 is 0 Å². The van der Waals surface area contributed by atoms with Crippen molar-refractivity contribution in [2.24, 2.45) is 0 Å². The average molecular weight is 626 g/mol. The van der Waals surface area contributed by atoms with Gasteiger partial charge in [0.25, 0.3) is 5.91 Å². The second-order valence-corrected chi connectivity index (χ2v) is 13.0. The molecule has 0 radical (unpaired) electrons. The number of carbonyl (C=O) groups excluding carboxylic acids is 1. The van der Waals surface area contributed by atoms with Crippen LogP contribution in [0.25, 0.3) is 22.3 Å². The minimum absolute atomic E-state index is 0.136. The van der Waals surface area contributed by atoms with E-state index in [0.717, 1.165) is 81.3 Å². The summed E-state index contributed by atoms with van der Waals surface area (Å²) in [5, 5.41) is 13.4. The van der Waals surface area contributed by atoms with Crippen LogP contribution in [0.3, 0.4) is 0 Å². The number of para-hydroxylation sites is 1. The van der Waals surface area contributed by atoms with Crippen molar-refractivity contribution in [1.29, 1.82) is 0 Å². The Kier molecular flexibility index (Phi) is 9.86. The number of carbonyl (C=O) groups is 1. The van der Waals surface area contributed by atoms with E-state index in [4.69, 9.17) is 9.72 Å². The van der Waals surface area contributed by atoms with Crippen LogP contribution in [-0.4, -0.2) is 102 Å². The normalized spacial score (nSPS) is 19.2. The molecule has 1 saturated carbocycles. The van der Waals surface area contributed by atoms with E-state index in [2.05, 4.69) is 68.9 Å². The number of nitrogens with one attached hydrogen (secondary N) is 1. The van der Waals surface area contributed by atoms with Crippen LogP contribution in [0.1, 0.15) is 54.9 Å². The number of pyridine rings is 1. The van der Waals surface area contributed by atoms with Crippen molar-refractivity contribution in [3.8, 4) is 17.0 Å². The topological polar surface area (TPSA) is 99.0 Å². The second-order valence-electron chi connectivity index (χ2n) is 13.0. The van der Waals surface area contributed by atoms with Gasteiger partial charge < -0.3 is 29.1 Å². The van der Waals surface area contributed by atoms with E-state index in [9.17, 15) is 9.90 Å². The number of aromatic nitrogens is 3. The minimum atomic E-state index is -0.276. The molecule has 4 aromatic rings. The van der Waals surface area contributed by atoms with Crippen molar-refractivity contribution < 1.29 is 14.6 Å². The summed E-state index contributed by atoms with van der Waals surface area (Å²) in [6.45, 7) is 4.16. The number of aliphatic hydroxyl groups is 1. The molecule has 0 bridgehead atoms. The lowest BCUT2D eigenvalue weighted by Crippen LogP contribution is -2.45. The molecule has 46 heavy (non-hydrogen) atoms. The van der Waals surface area contributed by atoms with Crippen LogP contribution in [0.4, 0.5) is 11.6 Å². The molecule has 10 heteroatoms. The lowest BCUT2D eigenvalue weighted by atomic mass is 9.93. The van der Waals surface area contributed by atoms with Crippen molar-refractivity contribution in [3.63, 3.8) is 0 Å². The highest BCUT2D eigenvalue weighted by atomic mass is 16.5. The first-order valence-corrected chi connectivity index (χ1v) is 16.5. The first kappa shape index (κ1) is 32.0. The van der Waals surface area contributed by atoms with E-state index in [1.54, 1.807) is 25.4 Å². The standard InChI is InChI=1S/C36H47N7O3/c1-40(2)21-22-41(3)26-16-19-42(20-17-26)28-11-14-31-33(24-28)43(27-9-12-29(44)13-10-27)36(38-31)39-35(45)25-15-18-37-32(23-25)30-7-5-6-8-34(30)46-4/h5-8,11,14-15,18,23-24,26-27,29,44H,9-10,12-13,16-17,19-22H2,1-4H3,(H,38,39,45). The van der Waals surface area contributed by atoms with Crippen molar-refractivity contribution in [2.45, 2.75) is 56.7 Å². The van der Waals surface area contributed by atoms with Gasteiger partial charge in [0, 0.05) is 61.3 Å². The highest BCUT2D eigenvalue weighted by Gasteiger charge is 2.28. The fraction of sp³-hybridized carbons (Fsp3) is 0.472. The third kappa shape index (κ3) is 7.04. The Morgan fingerprint density at radius 1 is 0.978 bits per heavy atom. The summed E-state index contributed by atoms with van der Waals surface area (Å²) in [4.78, 5) is 30.4. The lowest BCUT2D eigenvalue weighted by Gasteiger charge is -2.38. The Labute approximate surface area is 272 Å². The number of aliphatic hydroxyl groups excluding tert-OH is 1. The zero-order valence-electron chi connectivity index (χ0n) is 27.5. The fourth-order valence-electron chi connectivity index (χ4n) is 6.91. The minimum Gasteiger partial charge on any atom is -0.496 e. The number of hydrogen-bond acceptors (Lipinski definition) is 8. The molecule has 2 aliphatic rings. The zero-order chi connectivity index (χ0) is 32.2. The second kappa shape index (κ2) is 14.2. The summed E-state index contributed by atoms with van der Waals surface area (Å²) in [5.41, 5.74) is 5.04. The van der Waals surface area contributed by atoms with Crippen LogP contribution in [-0.2, 0) is 0 Å². The molecule has 2 N–H and O–H groups in total. The number of imidazole rings is 1. The number of rotatable bonds is 10. The smallest absolute Gasteiger partial charge is 0.258 e. The number of benzene rings is 2. The summed E-state index contributed by atoms with van der Waals surface area (Å²) in [6.07, 6.45) is 6.77. The number of amides is 1. The molecule has 1 aliphatic carbocycles. The van der Waals surface area contributed by atoms with E-state index in [0.29, 0.717) is 29.0 Å². The number of ether oxygens (including phenoxy) is 1. The van der Waals surface area contributed by atoms with Crippen LogP contribution < -0.4 is 15.0 Å². The number of piperidine rings is 1. The maximum absolute atomic E-state index is 13.7. The highest BCUT2D eigenvalue weighted by Crippen LogP contribution is 2.37. The molecule has 0 unspecified atom stereocenters. The number of likely N-dealkylation sites (N-methyl/N-ethyl adjacent to an activating group) is 2. The molecule has 10 nitrogen and oxygen atoms in total. The SMILES string of the molecule is COc1ccccc1-c1cc(C(=O)Nc2nc3ccc(N4CCC(N(C)CCN(C)C)CC4)cc3n2C2CCC(O)CC2)ccn1. The third-order valence-corrected chi connectivity index (χ3v) is 9.69. The number of nitrogens with zero attached hydrogens (tertiary/aromatic N) is 6. The fourth-order valence-corrected chi connectivity index (χ4v) is 6.91. The van der Waals surface area contributed by atoms with Gasteiger partial charge in [-0.05, 0) is 102 Å². The zero-order valence-corrected chi connectivity index (χ0v) is 27.5. The van der Waals surface area contributed by atoms with Gasteiger partial charge in [0.05, 0.1) is 29.9 Å². The van der Waals surface area contributed by atoms with Crippen LogP contribution in [0.2, 0.25) is 0 Å². The Hall–Kier alpha value is -3.99. The van der Waals surface area contributed by atoms with Gasteiger partial charge in [-0.25, -0.2) is 4.98 Å². The number of hydrogen-bond donors (Lipinski definition) is 2. The van der Waals surface area contributed by atoms with Crippen LogP contribution in [0.5, 0.6) is 5.75 Å². The summed E-state index contributed by atoms with van der Waals surface area (Å²) in [5.74, 6) is 0.993. The monoisotopic (exact) mass is 625 g/mol. The number of anilines is 2. The number of fused-ring (bicyclic) bond motifs is 1. The lowest BCUT2D eigenvalue weighted by molar-refractivity contribution is 0.102. The Balaban J connectivity index is 1.25. The molecule has 3 heterocycles. The molecule has 2 fully saturated rings. The molecule has 1 amide bonds. The summed E-state index contributed by atoms with van der Waals surface area (Å²) in [6, 6.07) is 18.4. The predicted octanol–water partition coefficient (Wildman–Crippen LogP) is 5.30. The van der Waals surface area contributed by atoms with Crippen LogP contribution in [0, 0.1) is 0 Å². The Morgan fingerprint density at radius 2 is 1.74 bits per heavy atom. The molecule has 1 aliphatic heterocycles. The first-order valence-electron chi connectivity index (χ1n) is 16.5. The van der Waals surface area contributed by atoms with Gasteiger partial charge in [-0.2, -0.15) is 0 Å². The quantitative estimate of drug-likeness (QED) is 0.245. The molecule has 0 atom stereocenters. The van der Waals surface area contributed by atoms with Gasteiger partial charge in [0.15, 0.2) is 0 Å². The largest absolute Gasteiger partial charge is 0.496 e. The van der Waals surface area contributed by atoms with Gasteiger partial charge in [0.1, 0.15) is 5.75 Å². The van der Waals surface area contributed by atoms with Gasteiger partial charge >= 0.3 is 0 Å². The first-order chi connectivity index (χ1) is 22.3. The summed E-state index contributed by atoms with van der Waals surface area (Å²) < 4.78 is 7.73. The summed E-state index contributed by atoms with van der Waals surface area (Å²) in [7, 11) is 8.13. The van der Waals surface area contributed by atoms with E-state index in [1.165, 1.54) is 5.69 Å². The Bertz CT molecular complexity index is 1640. The molecule has 2 aromatic carbocycles. The van der Waals surface area contributed by atoms with Gasteiger partial charge in [-0.15, -0.1) is 0 Å². The Morgan fingerprint density at radius 3 is 2.48 bits per heavy atom. The molecule has 6 rings (SSSR count). The molecule has 1 saturated heterocycles. The molecule has 244 valence electrons. The highest BCUT2D eigenvalue weighted by molar-refractivity contribution is 6.04. The predicted molar refractivity (Wildman–Crippen MR) is 184 cm³/mol. The molecule has 2 aromatic heterocycles. The average Bonchev–Trinajstić information content (AvgIpc) is 3.44. The molecule has 0 spiro atoms. The van der Waals surface area contributed by atoms with Crippen LogP contribution in [0.15, 0.2) is 60.8 Å². The van der Waals surface area contributed by atoms with E-state index < -0.39 is 0 Å². The third-order valence-electron chi connectivity index (χ3n) is 9.69. The van der Waals surface area contributed by atoms with Crippen LogP contribution >= 0.6 is 0 Å². The maximum atomic E-state index is 13.7. The van der Waals surface area contributed by atoms with Crippen molar-refractivity contribution in [3.05, 3.63) is 66.4 Å². The number of methoxy groups -OCH3 is 1. The summed E-state index contributed by atoms with van der Waals surface area (Å²) >= 11 is 0. The van der Waals surface area contributed by atoms with Crippen molar-refractivity contribution in [1.82, 2.24) is 24.3 Å². The van der Waals surface area contributed by atoms with Gasteiger partial charge in [-0.3, -0.25) is 15.1 Å². The maximum Gasteiger partial charge on any atom is 0.258 e. The van der Waals surface area contributed by atoms with E-state index in [1.807, 2.05) is 24.3 Å².